The first-order chi connectivity index (χ1) is 4.88. The second-order valence-corrected chi connectivity index (χ2v) is 1.90. The van der Waals surface area contributed by atoms with Crippen molar-refractivity contribution in [3.63, 3.8) is 0 Å². The number of hydrogen-bond acceptors (Lipinski definition) is 2. The predicted molar refractivity (Wildman–Crippen MR) is 37.9 cm³/mol. The maximum absolute atomic E-state index is 8.52. The SMILES string of the molecule is N#Cc1c[c]ccc1CN. The first-order valence-electron chi connectivity index (χ1n) is 2.97. The summed E-state index contributed by atoms with van der Waals surface area (Å²) in [6.45, 7) is 0.414. The van der Waals surface area contributed by atoms with Crippen LogP contribution in [0.15, 0.2) is 18.2 Å². The highest BCUT2D eigenvalue weighted by molar-refractivity contribution is 5.36. The molecular weight excluding hydrogens is 124 g/mol. The van der Waals surface area contributed by atoms with Crippen molar-refractivity contribution < 1.29 is 0 Å². The molecule has 0 fully saturated rings. The Balaban J connectivity index is 3.12. The van der Waals surface area contributed by atoms with Crippen molar-refractivity contribution in [1.82, 2.24) is 0 Å². The van der Waals surface area contributed by atoms with Crippen molar-refractivity contribution in [2.45, 2.75) is 6.54 Å². The molecule has 0 saturated heterocycles. The molecule has 0 atom stereocenters. The number of rotatable bonds is 1. The first-order valence-corrected chi connectivity index (χ1v) is 2.97. The van der Waals surface area contributed by atoms with Gasteiger partial charge in [0.2, 0.25) is 0 Å². The fourth-order valence-corrected chi connectivity index (χ4v) is 0.745. The maximum Gasteiger partial charge on any atom is 0.0995 e. The normalized spacial score (nSPS) is 8.80. The summed E-state index contributed by atoms with van der Waals surface area (Å²) in [5, 5.41) is 8.52. The molecule has 2 N–H and O–H groups in total. The van der Waals surface area contributed by atoms with Crippen LogP contribution in [0.3, 0.4) is 0 Å². The highest BCUT2D eigenvalue weighted by Gasteiger charge is 1.95. The molecule has 0 aromatic heterocycles. The van der Waals surface area contributed by atoms with Crippen LogP contribution < -0.4 is 5.73 Å². The van der Waals surface area contributed by atoms with Crippen LogP contribution in [0.4, 0.5) is 0 Å². The number of nitrogens with zero attached hydrogens (tertiary/aromatic N) is 1. The molecule has 2 heteroatoms. The molecule has 1 aromatic carbocycles. The van der Waals surface area contributed by atoms with Crippen LogP contribution in [0, 0.1) is 17.4 Å². The Hall–Kier alpha value is -1.33. The summed E-state index contributed by atoms with van der Waals surface area (Å²) in [6.07, 6.45) is 0. The van der Waals surface area contributed by atoms with E-state index in [1.54, 1.807) is 18.2 Å². The van der Waals surface area contributed by atoms with Crippen molar-refractivity contribution >= 4 is 0 Å². The lowest BCUT2D eigenvalue weighted by Crippen LogP contribution is -1.98. The van der Waals surface area contributed by atoms with Crippen molar-refractivity contribution in [1.29, 1.82) is 5.26 Å². The van der Waals surface area contributed by atoms with Gasteiger partial charge in [0, 0.05) is 6.54 Å². The molecule has 0 aliphatic heterocycles. The van der Waals surface area contributed by atoms with Gasteiger partial charge in [0.1, 0.15) is 0 Å². The Morgan fingerprint density at radius 2 is 2.50 bits per heavy atom. The second-order valence-electron chi connectivity index (χ2n) is 1.90. The van der Waals surface area contributed by atoms with Gasteiger partial charge in [-0.15, -0.1) is 0 Å². The lowest BCUT2D eigenvalue weighted by molar-refractivity contribution is 1.06. The number of benzene rings is 1. The van der Waals surface area contributed by atoms with E-state index in [-0.39, 0.29) is 0 Å². The molecule has 0 aliphatic rings. The van der Waals surface area contributed by atoms with Crippen LogP contribution in [0.5, 0.6) is 0 Å². The van der Waals surface area contributed by atoms with Gasteiger partial charge in [0.25, 0.3) is 0 Å². The van der Waals surface area contributed by atoms with Gasteiger partial charge in [-0.05, 0) is 17.7 Å². The van der Waals surface area contributed by atoms with Crippen molar-refractivity contribution in [3.8, 4) is 6.07 Å². The maximum atomic E-state index is 8.52. The molecule has 0 heterocycles. The van der Waals surface area contributed by atoms with E-state index in [0.29, 0.717) is 12.1 Å². The molecule has 0 amide bonds. The summed E-state index contributed by atoms with van der Waals surface area (Å²) in [5.74, 6) is 0. The third-order valence-corrected chi connectivity index (χ3v) is 1.29. The van der Waals surface area contributed by atoms with Crippen LogP contribution in [-0.2, 0) is 6.54 Å². The Labute approximate surface area is 59.9 Å². The van der Waals surface area contributed by atoms with E-state index in [2.05, 4.69) is 6.07 Å². The lowest BCUT2D eigenvalue weighted by atomic mass is 10.1. The Kier molecular flexibility index (Phi) is 2.03. The summed E-state index contributed by atoms with van der Waals surface area (Å²) < 4.78 is 0. The van der Waals surface area contributed by atoms with E-state index in [9.17, 15) is 0 Å². The van der Waals surface area contributed by atoms with E-state index in [0.717, 1.165) is 5.56 Å². The van der Waals surface area contributed by atoms with Crippen molar-refractivity contribution in [3.05, 3.63) is 35.4 Å². The van der Waals surface area contributed by atoms with E-state index in [1.165, 1.54) is 0 Å². The van der Waals surface area contributed by atoms with Crippen LogP contribution in [0.25, 0.3) is 0 Å². The van der Waals surface area contributed by atoms with Crippen LogP contribution in [-0.4, -0.2) is 0 Å². The highest BCUT2D eigenvalue weighted by atomic mass is 14.5. The monoisotopic (exact) mass is 131 g/mol. The number of nitriles is 1. The standard InChI is InChI=1S/C8H7N2/c9-5-7-3-1-2-4-8(7)6-10/h1,3-4H,5,9H2. The van der Waals surface area contributed by atoms with Crippen LogP contribution >= 0.6 is 0 Å². The Morgan fingerprint density at radius 1 is 1.70 bits per heavy atom. The largest absolute Gasteiger partial charge is 0.326 e. The van der Waals surface area contributed by atoms with Gasteiger partial charge in [-0.25, -0.2) is 0 Å². The number of nitrogens with two attached hydrogens (primary N) is 1. The van der Waals surface area contributed by atoms with E-state index in [1.807, 2.05) is 6.07 Å². The minimum Gasteiger partial charge on any atom is -0.326 e. The summed E-state index contributed by atoms with van der Waals surface area (Å²) in [7, 11) is 0. The number of hydrogen-bond donors (Lipinski definition) is 1. The molecule has 49 valence electrons. The van der Waals surface area contributed by atoms with Crippen molar-refractivity contribution in [2.24, 2.45) is 5.73 Å². The second kappa shape index (κ2) is 3.00. The summed E-state index contributed by atoms with van der Waals surface area (Å²) in [6, 6.07) is 10.0. The zero-order valence-electron chi connectivity index (χ0n) is 5.46. The Bertz CT molecular complexity index is 260. The highest BCUT2D eigenvalue weighted by Crippen LogP contribution is 2.04. The zero-order chi connectivity index (χ0) is 7.40. The third kappa shape index (κ3) is 1.15. The van der Waals surface area contributed by atoms with Gasteiger partial charge in [-0.1, -0.05) is 12.1 Å². The molecule has 1 rings (SSSR count). The van der Waals surface area contributed by atoms with Gasteiger partial charge in [-0.3, -0.25) is 0 Å². The molecule has 0 saturated carbocycles. The van der Waals surface area contributed by atoms with Gasteiger partial charge in [0.05, 0.1) is 11.6 Å². The van der Waals surface area contributed by atoms with Gasteiger partial charge >= 0.3 is 0 Å². The molecule has 0 unspecified atom stereocenters. The fourth-order valence-electron chi connectivity index (χ4n) is 0.745. The van der Waals surface area contributed by atoms with Crippen LogP contribution in [0.1, 0.15) is 11.1 Å². The molecule has 10 heavy (non-hydrogen) atoms. The molecule has 1 radical (unpaired) electrons. The molecule has 1 aromatic rings. The average Bonchev–Trinajstić information content (AvgIpc) is 2.04. The van der Waals surface area contributed by atoms with E-state index in [4.69, 9.17) is 11.0 Å². The van der Waals surface area contributed by atoms with Crippen molar-refractivity contribution in [2.75, 3.05) is 0 Å². The fraction of sp³-hybridized carbons (Fsp3) is 0.125. The molecule has 2 nitrogen and oxygen atoms in total. The Morgan fingerprint density at radius 3 is 3.00 bits per heavy atom. The zero-order valence-corrected chi connectivity index (χ0v) is 5.46. The average molecular weight is 131 g/mol. The third-order valence-electron chi connectivity index (χ3n) is 1.29. The molecular formula is C8H7N2. The summed E-state index contributed by atoms with van der Waals surface area (Å²) in [5.41, 5.74) is 6.85. The van der Waals surface area contributed by atoms with Gasteiger partial charge in [-0.2, -0.15) is 5.26 Å². The van der Waals surface area contributed by atoms with Gasteiger partial charge in [0.15, 0.2) is 0 Å². The molecule has 0 bridgehead atoms. The molecule has 0 aliphatic carbocycles. The minimum atomic E-state index is 0.414. The summed E-state index contributed by atoms with van der Waals surface area (Å²) >= 11 is 0. The van der Waals surface area contributed by atoms with Gasteiger partial charge < -0.3 is 5.73 Å². The minimum absolute atomic E-state index is 0.414. The quantitative estimate of drug-likeness (QED) is 0.613. The van der Waals surface area contributed by atoms with E-state index < -0.39 is 0 Å². The lowest BCUT2D eigenvalue weighted by Gasteiger charge is -1.95. The smallest absolute Gasteiger partial charge is 0.0995 e. The topological polar surface area (TPSA) is 49.8 Å². The van der Waals surface area contributed by atoms with E-state index >= 15 is 0 Å². The predicted octanol–water partition coefficient (Wildman–Crippen LogP) is 0.817. The van der Waals surface area contributed by atoms with Crippen LogP contribution in [0.2, 0.25) is 0 Å². The summed E-state index contributed by atoms with van der Waals surface area (Å²) in [4.78, 5) is 0. The molecule has 0 spiro atoms. The first kappa shape index (κ1) is 6.79.